The van der Waals surface area contributed by atoms with Crippen LogP contribution in [0, 0.1) is 6.92 Å². The van der Waals surface area contributed by atoms with Gasteiger partial charge in [0.25, 0.3) is 10.0 Å². The molecule has 0 atom stereocenters. The number of anilines is 2. The van der Waals surface area contributed by atoms with Crippen molar-refractivity contribution in [2.75, 3.05) is 11.4 Å². The number of nitrogens with zero attached hydrogens (tertiary/aromatic N) is 3. The number of hydrogen-bond acceptors (Lipinski definition) is 5. The standard InChI is InChI=1S/C16H16N4O3S/c1-3-7-18-16-19-24(22,23)15-10-17-8-6-12(15)20(16)13-9-11(2)4-5-14(13)21/h3-6,8-10,21H,1,7H2,2H3,(H,18,19). The Morgan fingerprint density at radius 3 is 2.92 bits per heavy atom. The molecule has 0 radical (unpaired) electrons. The Morgan fingerprint density at radius 1 is 1.38 bits per heavy atom. The fourth-order valence-corrected chi connectivity index (χ4v) is 3.55. The van der Waals surface area contributed by atoms with Crippen LogP contribution in [-0.2, 0) is 10.0 Å². The fraction of sp³-hybridized carbons (Fsp3) is 0.125. The van der Waals surface area contributed by atoms with Crippen molar-refractivity contribution in [1.82, 2.24) is 9.71 Å². The van der Waals surface area contributed by atoms with Crippen LogP contribution >= 0.6 is 0 Å². The zero-order valence-electron chi connectivity index (χ0n) is 13.0. The van der Waals surface area contributed by atoms with E-state index in [2.05, 4.69) is 21.3 Å². The minimum Gasteiger partial charge on any atom is -0.506 e. The van der Waals surface area contributed by atoms with Gasteiger partial charge < -0.3 is 5.11 Å². The van der Waals surface area contributed by atoms with Gasteiger partial charge >= 0.3 is 0 Å². The zero-order chi connectivity index (χ0) is 17.3. The van der Waals surface area contributed by atoms with E-state index in [9.17, 15) is 13.5 Å². The Hall–Kier alpha value is -2.87. The summed E-state index contributed by atoms with van der Waals surface area (Å²) >= 11 is 0. The summed E-state index contributed by atoms with van der Waals surface area (Å²) < 4.78 is 27.3. The van der Waals surface area contributed by atoms with Crippen molar-refractivity contribution in [1.29, 1.82) is 0 Å². The van der Waals surface area contributed by atoms with Crippen LogP contribution in [-0.4, -0.2) is 31.0 Å². The first-order chi connectivity index (χ1) is 11.4. The van der Waals surface area contributed by atoms with Gasteiger partial charge in [-0.2, -0.15) is 0 Å². The lowest BCUT2D eigenvalue weighted by Crippen LogP contribution is -2.46. The lowest BCUT2D eigenvalue weighted by Gasteiger charge is -2.32. The Labute approximate surface area is 140 Å². The molecule has 0 amide bonds. The van der Waals surface area contributed by atoms with E-state index in [0.29, 0.717) is 11.4 Å². The number of rotatable bonds is 3. The van der Waals surface area contributed by atoms with Crippen LogP contribution < -0.4 is 9.62 Å². The average Bonchev–Trinajstić information content (AvgIpc) is 2.55. The largest absolute Gasteiger partial charge is 0.506 e. The molecule has 7 nitrogen and oxygen atoms in total. The number of phenolic OH excluding ortho intramolecular Hbond substituents is 1. The van der Waals surface area contributed by atoms with Crippen molar-refractivity contribution >= 4 is 27.4 Å². The Bertz CT molecular complexity index is 938. The quantitative estimate of drug-likeness (QED) is 0.831. The number of aryl methyl sites for hydroxylation is 1. The number of guanidine groups is 1. The van der Waals surface area contributed by atoms with Gasteiger partial charge in [0, 0.05) is 12.4 Å². The van der Waals surface area contributed by atoms with E-state index < -0.39 is 10.0 Å². The predicted octanol–water partition coefficient (Wildman–Crippen LogP) is 2.07. The Morgan fingerprint density at radius 2 is 2.17 bits per heavy atom. The molecular weight excluding hydrogens is 328 g/mol. The summed E-state index contributed by atoms with van der Waals surface area (Å²) in [6, 6.07) is 6.64. The van der Waals surface area contributed by atoms with Gasteiger partial charge in [-0.05, 0) is 30.7 Å². The highest BCUT2D eigenvalue weighted by Gasteiger charge is 2.34. The molecule has 24 heavy (non-hydrogen) atoms. The molecular formula is C16H16N4O3S. The molecule has 0 saturated carbocycles. The number of benzene rings is 1. The second-order valence-corrected chi connectivity index (χ2v) is 6.88. The van der Waals surface area contributed by atoms with E-state index in [1.54, 1.807) is 35.2 Å². The average molecular weight is 344 g/mol. The number of aromatic nitrogens is 1. The van der Waals surface area contributed by atoms with Gasteiger partial charge in [-0.1, -0.05) is 12.1 Å². The van der Waals surface area contributed by atoms with E-state index in [-0.39, 0.29) is 23.1 Å². The molecule has 124 valence electrons. The molecule has 8 heteroatoms. The number of aliphatic imine (C=N–C) groups is 1. The first-order valence-electron chi connectivity index (χ1n) is 7.16. The summed E-state index contributed by atoms with van der Waals surface area (Å²) in [6.45, 7) is 5.70. The Balaban J connectivity index is 2.29. The van der Waals surface area contributed by atoms with Crippen molar-refractivity contribution in [2.45, 2.75) is 11.8 Å². The van der Waals surface area contributed by atoms with Crippen LogP contribution in [0.3, 0.4) is 0 Å². The summed E-state index contributed by atoms with van der Waals surface area (Å²) in [5.41, 5.74) is 1.70. The topological polar surface area (TPSA) is 94.9 Å². The maximum atomic E-state index is 12.4. The second-order valence-electron chi connectivity index (χ2n) is 5.23. The molecule has 1 aliphatic heterocycles. The number of phenols is 1. The van der Waals surface area contributed by atoms with Crippen LogP contribution in [0.2, 0.25) is 0 Å². The maximum absolute atomic E-state index is 12.4. The smallest absolute Gasteiger partial charge is 0.267 e. The molecule has 0 fully saturated rings. The summed E-state index contributed by atoms with van der Waals surface area (Å²) in [6.07, 6.45) is 4.31. The van der Waals surface area contributed by atoms with Gasteiger partial charge in [0.2, 0.25) is 5.96 Å². The molecule has 1 aliphatic rings. The van der Waals surface area contributed by atoms with Crippen molar-refractivity contribution in [2.24, 2.45) is 4.99 Å². The van der Waals surface area contributed by atoms with Gasteiger partial charge in [0.05, 0.1) is 17.9 Å². The normalized spacial score (nSPS) is 17.2. The van der Waals surface area contributed by atoms with Gasteiger partial charge in [-0.25, -0.2) is 18.1 Å². The first-order valence-corrected chi connectivity index (χ1v) is 8.64. The SMILES string of the molecule is C=CCN=C1NS(=O)(=O)c2cnccc2N1c1cc(C)ccc1O. The van der Waals surface area contributed by atoms with Crippen molar-refractivity contribution in [3.63, 3.8) is 0 Å². The molecule has 0 bridgehead atoms. The van der Waals surface area contributed by atoms with Crippen molar-refractivity contribution in [3.05, 3.63) is 54.9 Å². The molecule has 0 spiro atoms. The van der Waals surface area contributed by atoms with Crippen molar-refractivity contribution in [3.8, 4) is 5.75 Å². The third-order valence-electron chi connectivity index (χ3n) is 3.47. The fourth-order valence-electron chi connectivity index (χ4n) is 2.41. The molecule has 2 aromatic rings. The predicted molar refractivity (Wildman–Crippen MR) is 92.0 cm³/mol. The number of pyridine rings is 1. The highest BCUT2D eigenvalue weighted by Crippen LogP contribution is 2.39. The van der Waals surface area contributed by atoms with Crippen LogP contribution in [0.15, 0.2) is 59.2 Å². The molecule has 2 N–H and O–H groups in total. The summed E-state index contributed by atoms with van der Waals surface area (Å²) in [5, 5.41) is 10.3. The summed E-state index contributed by atoms with van der Waals surface area (Å²) in [4.78, 5) is 9.69. The number of sulfonamides is 1. The molecule has 0 unspecified atom stereocenters. The van der Waals surface area contributed by atoms with Crippen LogP contribution in [0.5, 0.6) is 5.75 Å². The Kier molecular flexibility index (Phi) is 3.98. The number of nitrogens with one attached hydrogen (secondary N) is 1. The van der Waals surface area contributed by atoms with E-state index >= 15 is 0 Å². The van der Waals surface area contributed by atoms with Crippen LogP contribution in [0.1, 0.15) is 5.56 Å². The van der Waals surface area contributed by atoms with E-state index in [1.807, 2.05) is 6.92 Å². The van der Waals surface area contributed by atoms with Crippen LogP contribution in [0.25, 0.3) is 0 Å². The van der Waals surface area contributed by atoms with Crippen molar-refractivity contribution < 1.29 is 13.5 Å². The molecule has 0 aliphatic carbocycles. The molecule has 2 heterocycles. The van der Waals surface area contributed by atoms with Crippen LogP contribution in [0.4, 0.5) is 11.4 Å². The number of aromatic hydroxyl groups is 1. The van der Waals surface area contributed by atoms with Gasteiger partial charge in [0.15, 0.2) is 0 Å². The molecule has 3 rings (SSSR count). The zero-order valence-corrected chi connectivity index (χ0v) is 13.8. The second kappa shape index (κ2) is 5.97. The number of fused-ring (bicyclic) bond motifs is 1. The third-order valence-corrected chi connectivity index (χ3v) is 4.82. The van der Waals surface area contributed by atoms with Gasteiger partial charge in [-0.15, -0.1) is 6.58 Å². The summed E-state index contributed by atoms with van der Waals surface area (Å²) in [5.74, 6) is 0.102. The van der Waals surface area contributed by atoms with Gasteiger partial charge in [-0.3, -0.25) is 9.88 Å². The minimum absolute atomic E-state index is 0.00997. The minimum atomic E-state index is -3.79. The van der Waals surface area contributed by atoms with Gasteiger partial charge in [0.1, 0.15) is 10.6 Å². The van der Waals surface area contributed by atoms with E-state index in [4.69, 9.17) is 0 Å². The van der Waals surface area contributed by atoms with E-state index in [0.717, 1.165) is 5.56 Å². The summed E-state index contributed by atoms with van der Waals surface area (Å²) in [7, 11) is -3.79. The lowest BCUT2D eigenvalue weighted by molar-refractivity contribution is 0.476. The third kappa shape index (κ3) is 2.71. The van der Waals surface area contributed by atoms with E-state index in [1.165, 1.54) is 12.4 Å². The molecule has 1 aromatic heterocycles. The molecule has 0 saturated heterocycles. The monoisotopic (exact) mass is 344 g/mol. The first kappa shape index (κ1) is 16.0. The maximum Gasteiger partial charge on any atom is 0.267 e. The highest BCUT2D eigenvalue weighted by molar-refractivity contribution is 7.90. The highest BCUT2D eigenvalue weighted by atomic mass is 32.2. The molecule has 1 aromatic carbocycles. The lowest BCUT2D eigenvalue weighted by atomic mass is 10.2. The number of hydrogen-bond donors (Lipinski definition) is 2.